The molecule has 0 bridgehead atoms. The monoisotopic (exact) mass is 319 g/mol. The highest BCUT2D eigenvalue weighted by Gasteiger charge is 2.36. The Kier molecular flexibility index (Phi) is 8.02. The molecule has 2 atom stereocenters. The van der Waals surface area contributed by atoms with E-state index in [0.29, 0.717) is 38.8 Å². The van der Waals surface area contributed by atoms with Crippen LogP contribution in [0.25, 0.3) is 0 Å². The van der Waals surface area contributed by atoms with Crippen LogP contribution in [-0.2, 0) is 9.53 Å². The van der Waals surface area contributed by atoms with Crippen molar-refractivity contribution in [2.24, 2.45) is 5.92 Å². The highest BCUT2D eigenvalue weighted by molar-refractivity contribution is 7.99. The van der Waals surface area contributed by atoms with Crippen molar-refractivity contribution >= 4 is 17.7 Å². The Bertz CT molecular complexity index is 315. The van der Waals surface area contributed by atoms with E-state index in [2.05, 4.69) is 5.32 Å². The molecule has 0 radical (unpaired) electrons. The van der Waals surface area contributed by atoms with Gasteiger partial charge < -0.3 is 20.3 Å². The number of hydrogen-bond donors (Lipinski definition) is 3. The molecule has 2 unspecified atom stereocenters. The van der Waals surface area contributed by atoms with Gasteiger partial charge in [0, 0.05) is 17.8 Å². The van der Waals surface area contributed by atoms with Gasteiger partial charge in [-0.15, -0.1) is 0 Å². The molecule has 124 valence electrons. The molecule has 1 fully saturated rings. The smallest absolute Gasteiger partial charge is 0.308 e. The van der Waals surface area contributed by atoms with Crippen LogP contribution in [0.3, 0.4) is 0 Å². The zero-order chi connectivity index (χ0) is 15.9. The summed E-state index contributed by atoms with van der Waals surface area (Å²) >= 11 is 1.62. The van der Waals surface area contributed by atoms with E-state index in [9.17, 15) is 15.0 Å². The fourth-order valence-electron chi connectivity index (χ4n) is 2.75. The lowest BCUT2D eigenvalue weighted by Crippen LogP contribution is -2.49. The molecular formula is C15H29NO4S. The van der Waals surface area contributed by atoms with Crippen LogP contribution in [-0.4, -0.2) is 59.1 Å². The van der Waals surface area contributed by atoms with Crippen LogP contribution in [0, 0.1) is 5.92 Å². The molecule has 1 aliphatic carbocycles. The second-order valence-electron chi connectivity index (χ2n) is 5.88. The van der Waals surface area contributed by atoms with E-state index in [1.165, 1.54) is 0 Å². The van der Waals surface area contributed by atoms with E-state index in [0.717, 1.165) is 0 Å². The number of hydrogen-bond acceptors (Lipinski definition) is 6. The summed E-state index contributed by atoms with van der Waals surface area (Å²) < 4.78 is 5.04. The van der Waals surface area contributed by atoms with E-state index in [1.807, 2.05) is 20.1 Å². The van der Waals surface area contributed by atoms with Crippen molar-refractivity contribution in [3.8, 4) is 0 Å². The predicted octanol–water partition coefficient (Wildman–Crippen LogP) is 1.17. The molecule has 0 aromatic rings. The highest BCUT2D eigenvalue weighted by atomic mass is 32.2. The summed E-state index contributed by atoms with van der Waals surface area (Å²) in [7, 11) is 0. The normalized spacial score (nSPS) is 28.9. The van der Waals surface area contributed by atoms with Gasteiger partial charge in [0.05, 0.1) is 24.7 Å². The van der Waals surface area contributed by atoms with Gasteiger partial charge >= 0.3 is 5.97 Å². The van der Waals surface area contributed by atoms with E-state index in [4.69, 9.17) is 4.74 Å². The largest absolute Gasteiger partial charge is 0.466 e. The number of esters is 1. The SMILES string of the molecule is CCOC(=O)C1CCC(O)(CNC(C)C(CO)SC)CC1. The standard InChI is InChI=1S/C15H29NO4S/c1-4-20-14(18)12-5-7-15(19,8-6-12)10-16-11(2)13(9-17)21-3/h11-13,16-17,19H,4-10H2,1-3H3. The van der Waals surface area contributed by atoms with Gasteiger partial charge in [-0.2, -0.15) is 11.8 Å². The van der Waals surface area contributed by atoms with Crippen molar-refractivity contribution in [1.82, 2.24) is 5.32 Å². The van der Waals surface area contributed by atoms with E-state index in [1.54, 1.807) is 11.8 Å². The second kappa shape index (κ2) is 8.98. The van der Waals surface area contributed by atoms with Crippen molar-refractivity contribution in [2.45, 2.75) is 56.4 Å². The molecule has 0 saturated heterocycles. The number of thioether (sulfide) groups is 1. The fraction of sp³-hybridized carbons (Fsp3) is 0.933. The molecule has 1 rings (SSSR count). The average Bonchev–Trinajstić information content (AvgIpc) is 2.47. The van der Waals surface area contributed by atoms with Crippen molar-refractivity contribution in [2.75, 3.05) is 26.0 Å². The molecule has 3 N–H and O–H groups in total. The van der Waals surface area contributed by atoms with E-state index >= 15 is 0 Å². The first-order chi connectivity index (χ1) is 9.95. The highest BCUT2D eigenvalue weighted by Crippen LogP contribution is 2.32. The maximum atomic E-state index is 11.7. The molecule has 0 aliphatic heterocycles. The Morgan fingerprint density at radius 3 is 2.57 bits per heavy atom. The summed E-state index contributed by atoms with van der Waals surface area (Å²) in [5, 5.41) is 23.3. The van der Waals surface area contributed by atoms with Crippen LogP contribution in [0.5, 0.6) is 0 Å². The van der Waals surface area contributed by atoms with Crippen LogP contribution in [0.1, 0.15) is 39.5 Å². The Morgan fingerprint density at radius 2 is 2.10 bits per heavy atom. The van der Waals surface area contributed by atoms with Crippen LogP contribution >= 0.6 is 11.8 Å². The molecule has 1 saturated carbocycles. The molecule has 0 amide bonds. The third-order valence-electron chi connectivity index (χ3n) is 4.33. The Morgan fingerprint density at radius 1 is 1.48 bits per heavy atom. The van der Waals surface area contributed by atoms with E-state index < -0.39 is 5.60 Å². The van der Waals surface area contributed by atoms with Crippen LogP contribution < -0.4 is 5.32 Å². The van der Waals surface area contributed by atoms with Gasteiger partial charge in [-0.1, -0.05) is 0 Å². The maximum absolute atomic E-state index is 11.7. The Labute approximate surface area is 131 Å². The number of carbonyl (C=O) groups is 1. The third-order valence-corrected chi connectivity index (χ3v) is 5.49. The number of aliphatic hydroxyl groups excluding tert-OH is 1. The van der Waals surface area contributed by atoms with Gasteiger partial charge in [0.25, 0.3) is 0 Å². The first kappa shape index (κ1) is 18.7. The quantitative estimate of drug-likeness (QED) is 0.583. The van der Waals surface area contributed by atoms with Crippen LogP contribution in [0.4, 0.5) is 0 Å². The molecule has 1 aliphatic rings. The summed E-state index contributed by atoms with van der Waals surface area (Å²) in [4.78, 5) is 11.7. The Hall–Kier alpha value is -0.300. The summed E-state index contributed by atoms with van der Waals surface area (Å²) in [6.45, 7) is 4.87. The molecule has 0 spiro atoms. The summed E-state index contributed by atoms with van der Waals surface area (Å²) in [6.07, 6.45) is 4.55. The minimum atomic E-state index is -0.754. The number of rotatable bonds is 8. The van der Waals surface area contributed by atoms with Crippen LogP contribution in [0.2, 0.25) is 0 Å². The zero-order valence-electron chi connectivity index (χ0n) is 13.3. The fourth-order valence-corrected chi connectivity index (χ4v) is 3.40. The number of carbonyl (C=O) groups excluding carboxylic acids is 1. The van der Waals surface area contributed by atoms with Gasteiger partial charge in [0.1, 0.15) is 0 Å². The van der Waals surface area contributed by atoms with Gasteiger partial charge in [0.15, 0.2) is 0 Å². The molecule has 0 aromatic heterocycles. The van der Waals surface area contributed by atoms with Crippen LogP contribution in [0.15, 0.2) is 0 Å². The minimum Gasteiger partial charge on any atom is -0.466 e. The second-order valence-corrected chi connectivity index (χ2v) is 6.95. The molecule has 21 heavy (non-hydrogen) atoms. The lowest BCUT2D eigenvalue weighted by atomic mass is 9.78. The van der Waals surface area contributed by atoms with Gasteiger partial charge in [-0.25, -0.2) is 0 Å². The summed E-state index contributed by atoms with van der Waals surface area (Å²) in [5.41, 5.74) is -0.754. The number of nitrogens with one attached hydrogen (secondary N) is 1. The van der Waals surface area contributed by atoms with Crippen molar-refractivity contribution in [3.63, 3.8) is 0 Å². The lowest BCUT2D eigenvalue weighted by Gasteiger charge is -2.36. The minimum absolute atomic E-state index is 0.0703. The third kappa shape index (κ3) is 5.77. The van der Waals surface area contributed by atoms with Gasteiger partial charge in [0.2, 0.25) is 0 Å². The summed E-state index contributed by atoms with van der Waals surface area (Å²) in [6, 6.07) is 0.136. The van der Waals surface area contributed by atoms with Gasteiger partial charge in [-0.3, -0.25) is 4.79 Å². The molecule has 5 nitrogen and oxygen atoms in total. The number of ether oxygens (including phenoxy) is 1. The topological polar surface area (TPSA) is 78.8 Å². The molecule has 6 heteroatoms. The first-order valence-corrected chi connectivity index (χ1v) is 9.00. The van der Waals surface area contributed by atoms with Crippen molar-refractivity contribution in [3.05, 3.63) is 0 Å². The molecule has 0 aromatic carbocycles. The molecule has 0 heterocycles. The summed E-state index contributed by atoms with van der Waals surface area (Å²) in [5.74, 6) is -0.206. The lowest BCUT2D eigenvalue weighted by molar-refractivity contribution is -0.151. The first-order valence-electron chi connectivity index (χ1n) is 7.71. The van der Waals surface area contributed by atoms with Crippen molar-refractivity contribution in [1.29, 1.82) is 0 Å². The zero-order valence-corrected chi connectivity index (χ0v) is 14.1. The average molecular weight is 319 g/mol. The van der Waals surface area contributed by atoms with E-state index in [-0.39, 0.29) is 29.8 Å². The maximum Gasteiger partial charge on any atom is 0.308 e. The van der Waals surface area contributed by atoms with Crippen molar-refractivity contribution < 1.29 is 19.7 Å². The van der Waals surface area contributed by atoms with Gasteiger partial charge in [-0.05, 0) is 45.8 Å². The predicted molar refractivity (Wildman–Crippen MR) is 85.4 cm³/mol. The Balaban J connectivity index is 2.38. The number of aliphatic hydroxyl groups is 2. The molecular weight excluding hydrogens is 290 g/mol.